The van der Waals surface area contributed by atoms with Gasteiger partial charge in [-0.3, -0.25) is 4.79 Å². The van der Waals surface area contributed by atoms with Crippen LogP contribution in [0.5, 0.6) is 0 Å². The number of benzene rings is 1. The Bertz CT molecular complexity index is 605. The second kappa shape index (κ2) is 7.80. The van der Waals surface area contributed by atoms with Crippen LogP contribution in [0.1, 0.15) is 36.2 Å². The molecule has 0 aliphatic rings. The summed E-state index contributed by atoms with van der Waals surface area (Å²) in [5.74, 6) is -1.70. The molecule has 4 nitrogen and oxygen atoms in total. The van der Waals surface area contributed by atoms with E-state index in [1.165, 1.54) is 12.1 Å². The summed E-state index contributed by atoms with van der Waals surface area (Å²) in [7, 11) is 1.15. The number of carbonyl (C=O) groups is 2. The van der Waals surface area contributed by atoms with E-state index in [-0.39, 0.29) is 6.42 Å². The minimum Gasteiger partial charge on any atom is -0.467 e. The SMILES string of the molecule is COC(=O)[C@H](CC=C(C)C)NC(=O)c1ccccc1C(F)(F)F. The molecule has 1 rings (SSSR count). The summed E-state index contributed by atoms with van der Waals surface area (Å²) >= 11 is 0. The largest absolute Gasteiger partial charge is 0.467 e. The molecule has 23 heavy (non-hydrogen) atoms. The highest BCUT2D eigenvalue weighted by Crippen LogP contribution is 2.31. The number of methoxy groups -OCH3 is 1. The zero-order valence-electron chi connectivity index (χ0n) is 13.0. The van der Waals surface area contributed by atoms with Crippen LogP contribution >= 0.6 is 0 Å². The summed E-state index contributed by atoms with van der Waals surface area (Å²) in [6.45, 7) is 3.60. The van der Waals surface area contributed by atoms with Crippen molar-refractivity contribution < 1.29 is 27.5 Å². The number of halogens is 3. The Kier molecular flexibility index (Phi) is 6.36. The van der Waals surface area contributed by atoms with Crippen LogP contribution in [0.4, 0.5) is 13.2 Å². The number of hydrogen-bond acceptors (Lipinski definition) is 3. The highest BCUT2D eigenvalue weighted by atomic mass is 19.4. The van der Waals surface area contributed by atoms with Crippen molar-refractivity contribution in [3.8, 4) is 0 Å². The van der Waals surface area contributed by atoms with Crippen molar-refractivity contribution in [1.82, 2.24) is 5.32 Å². The van der Waals surface area contributed by atoms with Crippen LogP contribution in [0.15, 0.2) is 35.9 Å². The van der Waals surface area contributed by atoms with Gasteiger partial charge in [0.1, 0.15) is 6.04 Å². The maximum absolute atomic E-state index is 12.9. The standard InChI is InChI=1S/C16H18F3NO3/c1-10(2)8-9-13(15(22)23-3)20-14(21)11-6-4-5-7-12(11)16(17,18)19/h4-8,13H,9H2,1-3H3,(H,20,21)/t13-/m0/s1. The lowest BCUT2D eigenvalue weighted by molar-refractivity contribution is -0.142. The lowest BCUT2D eigenvalue weighted by atomic mass is 10.1. The summed E-state index contributed by atoms with van der Waals surface area (Å²) in [5.41, 5.74) is -0.682. The third-order valence-corrected chi connectivity index (χ3v) is 3.03. The van der Waals surface area contributed by atoms with Gasteiger partial charge in [-0.2, -0.15) is 13.2 Å². The number of carbonyl (C=O) groups excluding carboxylic acids is 2. The van der Waals surface area contributed by atoms with Gasteiger partial charge < -0.3 is 10.1 Å². The normalized spacial score (nSPS) is 12.3. The minimum absolute atomic E-state index is 0.134. The summed E-state index contributed by atoms with van der Waals surface area (Å²) in [6.07, 6.45) is -2.83. The Morgan fingerprint density at radius 1 is 1.26 bits per heavy atom. The first-order chi connectivity index (χ1) is 10.7. The molecule has 0 aromatic heterocycles. The number of amides is 1. The molecule has 0 heterocycles. The summed E-state index contributed by atoms with van der Waals surface area (Å²) in [4.78, 5) is 23.8. The van der Waals surface area contributed by atoms with Crippen LogP contribution in [0.3, 0.4) is 0 Å². The van der Waals surface area contributed by atoms with Gasteiger partial charge >= 0.3 is 12.1 Å². The predicted octanol–water partition coefficient (Wildman–Crippen LogP) is 3.33. The third kappa shape index (κ3) is 5.43. The first kappa shape index (κ1) is 18.7. The van der Waals surface area contributed by atoms with Crippen LogP contribution in [-0.4, -0.2) is 25.0 Å². The second-order valence-electron chi connectivity index (χ2n) is 5.11. The molecule has 1 aromatic carbocycles. The maximum Gasteiger partial charge on any atom is 0.417 e. The Morgan fingerprint density at radius 2 is 1.87 bits per heavy atom. The van der Waals surface area contributed by atoms with Gasteiger partial charge in [-0.05, 0) is 32.4 Å². The highest BCUT2D eigenvalue weighted by Gasteiger charge is 2.35. The molecule has 1 aromatic rings. The topological polar surface area (TPSA) is 55.4 Å². The molecule has 0 unspecified atom stereocenters. The highest BCUT2D eigenvalue weighted by molar-refractivity contribution is 5.98. The molecule has 1 atom stereocenters. The van der Waals surface area contributed by atoms with Gasteiger partial charge in [0.2, 0.25) is 0 Å². The quantitative estimate of drug-likeness (QED) is 0.666. The average Bonchev–Trinajstić information content (AvgIpc) is 2.49. The number of ether oxygens (including phenoxy) is 1. The molecule has 0 radical (unpaired) electrons. The van der Waals surface area contributed by atoms with Crippen molar-refractivity contribution in [2.24, 2.45) is 0 Å². The summed E-state index contributed by atoms with van der Waals surface area (Å²) in [5, 5.41) is 2.29. The van der Waals surface area contributed by atoms with E-state index in [1.807, 2.05) is 0 Å². The van der Waals surface area contributed by atoms with Crippen LogP contribution in [0.25, 0.3) is 0 Å². The molecule has 1 N–H and O–H groups in total. The number of hydrogen-bond donors (Lipinski definition) is 1. The molecule has 1 amide bonds. The second-order valence-corrected chi connectivity index (χ2v) is 5.11. The lowest BCUT2D eigenvalue weighted by Gasteiger charge is -2.17. The summed E-state index contributed by atoms with van der Waals surface area (Å²) < 4.78 is 43.4. The van der Waals surface area contributed by atoms with Crippen molar-refractivity contribution in [3.05, 3.63) is 47.0 Å². The van der Waals surface area contributed by atoms with Crippen LogP contribution in [0, 0.1) is 0 Å². The number of alkyl halides is 3. The molecular weight excluding hydrogens is 311 g/mol. The monoisotopic (exact) mass is 329 g/mol. The molecule has 7 heteroatoms. The van der Waals surface area contributed by atoms with Gasteiger partial charge in [0, 0.05) is 0 Å². The van der Waals surface area contributed by atoms with E-state index < -0.39 is 35.2 Å². The molecule has 126 valence electrons. The Labute approximate surface area is 132 Å². The van der Waals surface area contributed by atoms with E-state index in [0.717, 1.165) is 24.8 Å². The van der Waals surface area contributed by atoms with E-state index in [4.69, 9.17) is 0 Å². The van der Waals surface area contributed by atoms with Crippen molar-refractivity contribution in [3.63, 3.8) is 0 Å². The smallest absolute Gasteiger partial charge is 0.417 e. The first-order valence-electron chi connectivity index (χ1n) is 6.85. The van der Waals surface area contributed by atoms with Crippen LogP contribution in [0.2, 0.25) is 0 Å². The molecule has 0 aliphatic heterocycles. The van der Waals surface area contributed by atoms with E-state index >= 15 is 0 Å². The third-order valence-electron chi connectivity index (χ3n) is 3.03. The number of nitrogens with one attached hydrogen (secondary N) is 1. The van der Waals surface area contributed by atoms with E-state index in [0.29, 0.717) is 0 Å². The van der Waals surface area contributed by atoms with Crippen molar-refractivity contribution >= 4 is 11.9 Å². The molecule has 0 saturated carbocycles. The molecule has 0 spiro atoms. The zero-order valence-corrected chi connectivity index (χ0v) is 13.0. The fourth-order valence-electron chi connectivity index (χ4n) is 1.87. The molecule has 0 bridgehead atoms. The molecule has 0 aliphatic carbocycles. The fourth-order valence-corrected chi connectivity index (χ4v) is 1.87. The minimum atomic E-state index is -4.66. The van der Waals surface area contributed by atoms with E-state index in [1.54, 1.807) is 19.9 Å². The number of allylic oxidation sites excluding steroid dienone is 1. The molecular formula is C16H18F3NO3. The fraction of sp³-hybridized carbons (Fsp3) is 0.375. The van der Waals surface area contributed by atoms with Gasteiger partial charge in [-0.1, -0.05) is 23.8 Å². The average molecular weight is 329 g/mol. The summed E-state index contributed by atoms with van der Waals surface area (Å²) in [6, 6.07) is 3.35. The van der Waals surface area contributed by atoms with Gasteiger partial charge in [0.25, 0.3) is 5.91 Å². The van der Waals surface area contributed by atoms with Crippen LogP contribution < -0.4 is 5.32 Å². The number of rotatable bonds is 5. The number of esters is 1. The lowest BCUT2D eigenvalue weighted by Crippen LogP contribution is -2.41. The molecule has 0 saturated heterocycles. The van der Waals surface area contributed by atoms with Crippen molar-refractivity contribution in [2.45, 2.75) is 32.5 Å². The first-order valence-corrected chi connectivity index (χ1v) is 6.85. The van der Waals surface area contributed by atoms with Gasteiger partial charge in [0.15, 0.2) is 0 Å². The van der Waals surface area contributed by atoms with Crippen LogP contribution in [-0.2, 0) is 15.7 Å². The predicted molar refractivity (Wildman–Crippen MR) is 78.8 cm³/mol. The Morgan fingerprint density at radius 3 is 2.39 bits per heavy atom. The Hall–Kier alpha value is -2.31. The maximum atomic E-state index is 12.9. The van der Waals surface area contributed by atoms with E-state index in [2.05, 4.69) is 10.1 Å². The van der Waals surface area contributed by atoms with Crippen molar-refractivity contribution in [1.29, 1.82) is 0 Å². The Balaban J connectivity index is 3.04. The van der Waals surface area contributed by atoms with Gasteiger partial charge in [0.05, 0.1) is 18.2 Å². The zero-order chi connectivity index (χ0) is 17.6. The van der Waals surface area contributed by atoms with Gasteiger partial charge in [-0.25, -0.2) is 4.79 Å². The van der Waals surface area contributed by atoms with Crippen molar-refractivity contribution in [2.75, 3.05) is 7.11 Å². The van der Waals surface area contributed by atoms with E-state index in [9.17, 15) is 22.8 Å². The van der Waals surface area contributed by atoms with Gasteiger partial charge in [-0.15, -0.1) is 0 Å². The molecule has 0 fully saturated rings.